The van der Waals surface area contributed by atoms with E-state index in [1.165, 1.54) is 12.1 Å². The zero-order valence-electron chi connectivity index (χ0n) is 15.3. The lowest BCUT2D eigenvalue weighted by molar-refractivity contribution is -0.143. The van der Waals surface area contributed by atoms with Crippen molar-refractivity contribution in [2.24, 2.45) is 0 Å². The molecule has 2 rings (SSSR count). The summed E-state index contributed by atoms with van der Waals surface area (Å²) in [6.07, 6.45) is 0.0783. The number of ether oxygens (including phenoxy) is 1. The second-order valence-electron chi connectivity index (χ2n) is 7.24. The van der Waals surface area contributed by atoms with Crippen molar-refractivity contribution in [1.29, 1.82) is 0 Å². The number of aryl methyl sites for hydroxylation is 1. The van der Waals surface area contributed by atoms with Gasteiger partial charge in [-0.15, -0.1) is 0 Å². The van der Waals surface area contributed by atoms with Crippen LogP contribution in [0.15, 0.2) is 18.2 Å². The van der Waals surface area contributed by atoms with Gasteiger partial charge in [0.05, 0.1) is 24.2 Å². The normalized spacial score (nSPS) is 20.0. The second-order valence-corrected chi connectivity index (χ2v) is 7.24. The van der Waals surface area contributed by atoms with Crippen LogP contribution in [-0.2, 0) is 18.8 Å². The number of halogens is 1. The molecule has 0 N–H and O–H groups in total. The largest absolute Gasteiger partial charge is 0.466 e. The van der Waals surface area contributed by atoms with Crippen LogP contribution in [0.5, 0.6) is 0 Å². The molecule has 0 spiro atoms. The van der Waals surface area contributed by atoms with Crippen LogP contribution < -0.4 is 0 Å². The Balaban J connectivity index is 2.37. The van der Waals surface area contributed by atoms with E-state index in [0.717, 1.165) is 5.56 Å². The quantitative estimate of drug-likeness (QED) is 0.606. The Hall–Kier alpha value is -1.40. The van der Waals surface area contributed by atoms with Crippen molar-refractivity contribution in [1.82, 2.24) is 0 Å². The number of esters is 1. The van der Waals surface area contributed by atoms with Gasteiger partial charge in [0.25, 0.3) is 0 Å². The topological polar surface area (TPSA) is 44.8 Å². The van der Waals surface area contributed by atoms with E-state index in [1.54, 1.807) is 13.0 Å². The van der Waals surface area contributed by atoms with Crippen LogP contribution in [0.1, 0.15) is 58.0 Å². The van der Waals surface area contributed by atoms with E-state index < -0.39 is 24.1 Å². The molecule has 1 fully saturated rings. The monoisotopic (exact) mass is 336 g/mol. The summed E-state index contributed by atoms with van der Waals surface area (Å²) >= 11 is 0. The molecule has 0 saturated carbocycles. The number of carbonyl (C=O) groups excluding carboxylic acids is 1. The van der Waals surface area contributed by atoms with Crippen LogP contribution >= 0.6 is 0 Å². The van der Waals surface area contributed by atoms with Crippen molar-refractivity contribution in [3.63, 3.8) is 0 Å². The summed E-state index contributed by atoms with van der Waals surface area (Å²) in [7, 11) is -0.639. The molecular formula is C18H26BFO4. The van der Waals surface area contributed by atoms with Gasteiger partial charge < -0.3 is 14.0 Å². The van der Waals surface area contributed by atoms with Crippen molar-refractivity contribution in [3.8, 4) is 0 Å². The molecule has 24 heavy (non-hydrogen) atoms. The third-order valence-electron chi connectivity index (χ3n) is 4.93. The first-order valence-electron chi connectivity index (χ1n) is 8.34. The van der Waals surface area contributed by atoms with Crippen LogP contribution in [0.2, 0.25) is 0 Å². The molecule has 1 aliphatic rings. The van der Waals surface area contributed by atoms with E-state index in [9.17, 15) is 9.18 Å². The lowest BCUT2D eigenvalue weighted by atomic mass is 9.65. The van der Waals surface area contributed by atoms with Gasteiger partial charge in [0.2, 0.25) is 0 Å². The molecule has 0 aromatic heterocycles. The maximum absolute atomic E-state index is 13.8. The van der Waals surface area contributed by atoms with Crippen molar-refractivity contribution >= 4 is 13.1 Å². The molecule has 1 aromatic rings. The van der Waals surface area contributed by atoms with Gasteiger partial charge in [-0.2, -0.15) is 0 Å². The fourth-order valence-corrected chi connectivity index (χ4v) is 2.82. The molecule has 0 aliphatic carbocycles. The van der Waals surface area contributed by atoms with Gasteiger partial charge in [0.1, 0.15) is 5.82 Å². The van der Waals surface area contributed by atoms with Crippen molar-refractivity contribution < 1.29 is 23.2 Å². The van der Waals surface area contributed by atoms with Gasteiger partial charge >= 0.3 is 13.1 Å². The average molecular weight is 336 g/mol. The summed E-state index contributed by atoms with van der Waals surface area (Å²) in [5.74, 6) is -1.12. The van der Waals surface area contributed by atoms with Crippen molar-refractivity contribution in [3.05, 3.63) is 35.1 Å². The molecule has 1 aromatic carbocycles. The molecule has 1 heterocycles. The average Bonchev–Trinajstić information content (AvgIpc) is 2.68. The van der Waals surface area contributed by atoms with Crippen LogP contribution in [0, 0.1) is 12.7 Å². The van der Waals surface area contributed by atoms with Crippen LogP contribution in [0.3, 0.4) is 0 Å². The minimum Gasteiger partial charge on any atom is -0.466 e. The van der Waals surface area contributed by atoms with E-state index in [0.29, 0.717) is 12.2 Å². The third kappa shape index (κ3) is 3.81. The molecule has 1 saturated heterocycles. The highest BCUT2D eigenvalue weighted by Crippen LogP contribution is 2.42. The maximum atomic E-state index is 13.8. The molecule has 1 unspecified atom stereocenters. The van der Waals surface area contributed by atoms with Crippen LogP contribution in [0.25, 0.3) is 0 Å². The van der Waals surface area contributed by atoms with E-state index in [1.807, 2.05) is 34.6 Å². The summed E-state index contributed by atoms with van der Waals surface area (Å²) in [4.78, 5) is 12.1. The van der Waals surface area contributed by atoms with Crippen molar-refractivity contribution in [2.75, 3.05) is 6.61 Å². The fourth-order valence-electron chi connectivity index (χ4n) is 2.82. The van der Waals surface area contributed by atoms with E-state index in [2.05, 4.69) is 0 Å². The summed E-state index contributed by atoms with van der Waals surface area (Å²) < 4.78 is 31.1. The number of hydrogen-bond donors (Lipinski definition) is 0. The van der Waals surface area contributed by atoms with Crippen LogP contribution in [-0.4, -0.2) is 30.9 Å². The first-order valence-corrected chi connectivity index (χ1v) is 8.34. The Labute approximate surface area is 143 Å². The smallest absolute Gasteiger partial charge is 0.466 e. The number of carbonyl (C=O) groups is 1. The highest BCUT2D eigenvalue weighted by molar-refractivity contribution is 6.48. The number of hydrogen-bond acceptors (Lipinski definition) is 4. The highest BCUT2D eigenvalue weighted by Gasteiger charge is 2.54. The lowest BCUT2D eigenvalue weighted by Crippen LogP contribution is -2.41. The predicted octanol–water partition coefficient (Wildman–Crippen LogP) is 3.80. The Morgan fingerprint density at radius 1 is 1.25 bits per heavy atom. The van der Waals surface area contributed by atoms with E-state index in [4.69, 9.17) is 14.0 Å². The minimum atomic E-state index is -0.639. The summed E-state index contributed by atoms with van der Waals surface area (Å²) in [6, 6.07) is 4.56. The van der Waals surface area contributed by atoms with Gasteiger partial charge in [-0.1, -0.05) is 6.07 Å². The van der Waals surface area contributed by atoms with E-state index in [-0.39, 0.29) is 18.2 Å². The van der Waals surface area contributed by atoms with Gasteiger partial charge in [0.15, 0.2) is 0 Å². The Morgan fingerprint density at radius 3 is 2.38 bits per heavy atom. The van der Waals surface area contributed by atoms with Gasteiger partial charge in [-0.3, -0.25) is 4.79 Å². The molecular weight excluding hydrogens is 310 g/mol. The summed E-state index contributed by atoms with van der Waals surface area (Å²) in [5, 5.41) is 0. The molecule has 0 radical (unpaired) electrons. The molecule has 1 aliphatic heterocycles. The number of rotatable bonds is 5. The van der Waals surface area contributed by atoms with Gasteiger partial charge in [-0.25, -0.2) is 4.39 Å². The first kappa shape index (κ1) is 18.9. The standard InChI is InChI=1S/C18H26BFO4/c1-7-22-16(21)11-15(14-10-13(20)9-8-12(14)2)19-23-17(3,4)18(5,6)24-19/h8-10,15H,7,11H2,1-6H3. The Bertz CT molecular complexity index is 599. The molecule has 4 nitrogen and oxygen atoms in total. The molecule has 132 valence electrons. The summed E-state index contributed by atoms with van der Waals surface area (Å²) in [6.45, 7) is 11.8. The fraction of sp³-hybridized carbons (Fsp3) is 0.611. The predicted molar refractivity (Wildman–Crippen MR) is 91.2 cm³/mol. The molecule has 1 atom stereocenters. The third-order valence-corrected chi connectivity index (χ3v) is 4.93. The maximum Gasteiger partial charge on any atom is 0.466 e. The van der Waals surface area contributed by atoms with Gasteiger partial charge in [-0.05, 0) is 64.8 Å². The zero-order chi connectivity index (χ0) is 18.1. The van der Waals surface area contributed by atoms with Crippen molar-refractivity contribution in [2.45, 2.75) is 65.0 Å². The summed E-state index contributed by atoms with van der Waals surface area (Å²) in [5.41, 5.74) is 0.555. The molecule has 0 amide bonds. The van der Waals surface area contributed by atoms with Crippen LogP contribution in [0.4, 0.5) is 4.39 Å². The number of benzene rings is 1. The highest BCUT2D eigenvalue weighted by atomic mass is 19.1. The van der Waals surface area contributed by atoms with E-state index >= 15 is 0 Å². The molecule has 6 heteroatoms. The second kappa shape index (κ2) is 6.85. The first-order chi connectivity index (χ1) is 11.1. The minimum absolute atomic E-state index is 0.0783. The zero-order valence-corrected chi connectivity index (χ0v) is 15.3. The van der Waals surface area contributed by atoms with Gasteiger partial charge in [0, 0.05) is 5.82 Å². The molecule has 0 bridgehead atoms. The Kier molecular flexibility index (Phi) is 5.40. The lowest BCUT2D eigenvalue weighted by Gasteiger charge is -2.32. The SMILES string of the molecule is CCOC(=O)CC(B1OC(C)(C)C(C)(C)O1)c1cc(F)ccc1C. The Morgan fingerprint density at radius 2 is 1.83 bits per heavy atom.